The van der Waals surface area contributed by atoms with E-state index < -0.39 is 0 Å². The number of halogens is 1. The molecule has 0 aliphatic rings. The lowest BCUT2D eigenvalue weighted by atomic mass is 10.2. The average molecular weight is 436 g/mol. The summed E-state index contributed by atoms with van der Waals surface area (Å²) < 4.78 is 6.24. The summed E-state index contributed by atoms with van der Waals surface area (Å²) in [4.78, 5) is 23.6. The lowest BCUT2D eigenvalue weighted by molar-refractivity contribution is -0.114. The molecule has 2 aromatic rings. The fraction of sp³-hybridized carbons (Fsp3) is 0.167. The highest BCUT2D eigenvalue weighted by Gasteiger charge is 2.14. The van der Waals surface area contributed by atoms with Crippen molar-refractivity contribution in [1.29, 1.82) is 0 Å². The molecule has 0 aliphatic carbocycles. The second-order valence-corrected chi connectivity index (χ2v) is 6.57. The molecular formula is C18H18BrN3O3S. The highest BCUT2D eigenvalue weighted by Crippen LogP contribution is 2.23. The number of anilines is 2. The van der Waals surface area contributed by atoms with E-state index in [2.05, 4.69) is 31.9 Å². The third kappa shape index (κ3) is 5.82. The Hall–Kier alpha value is -2.45. The van der Waals surface area contributed by atoms with Crippen molar-refractivity contribution in [2.45, 2.75) is 13.8 Å². The molecule has 0 radical (unpaired) electrons. The fourth-order valence-corrected chi connectivity index (χ4v) is 2.74. The van der Waals surface area contributed by atoms with E-state index in [0.29, 0.717) is 29.3 Å². The van der Waals surface area contributed by atoms with Gasteiger partial charge in [0.2, 0.25) is 5.91 Å². The van der Waals surface area contributed by atoms with Crippen LogP contribution in [0.2, 0.25) is 0 Å². The zero-order chi connectivity index (χ0) is 19.1. The first-order chi connectivity index (χ1) is 12.4. The summed E-state index contributed by atoms with van der Waals surface area (Å²) in [5.41, 5.74) is 1.64. The second-order valence-electron chi connectivity index (χ2n) is 5.24. The van der Waals surface area contributed by atoms with Gasteiger partial charge in [0.05, 0.1) is 12.2 Å². The van der Waals surface area contributed by atoms with Crippen LogP contribution in [0.25, 0.3) is 0 Å². The van der Waals surface area contributed by atoms with E-state index in [-0.39, 0.29) is 16.9 Å². The summed E-state index contributed by atoms with van der Waals surface area (Å²) in [7, 11) is 0. The van der Waals surface area contributed by atoms with Crippen LogP contribution in [0.15, 0.2) is 46.9 Å². The molecule has 2 amide bonds. The third-order valence-electron chi connectivity index (χ3n) is 3.15. The van der Waals surface area contributed by atoms with Crippen LogP contribution in [0, 0.1) is 0 Å². The first-order valence-corrected chi connectivity index (χ1v) is 9.01. The molecule has 26 heavy (non-hydrogen) atoms. The zero-order valence-electron chi connectivity index (χ0n) is 14.3. The number of hydrogen-bond acceptors (Lipinski definition) is 4. The molecule has 0 aromatic heterocycles. The predicted octanol–water partition coefficient (Wildman–Crippen LogP) is 3.93. The normalized spacial score (nSPS) is 9.96. The Morgan fingerprint density at radius 3 is 2.46 bits per heavy atom. The maximum Gasteiger partial charge on any atom is 0.261 e. The van der Waals surface area contributed by atoms with Crippen LogP contribution in [-0.4, -0.2) is 23.5 Å². The van der Waals surface area contributed by atoms with Gasteiger partial charge in [-0.25, -0.2) is 0 Å². The van der Waals surface area contributed by atoms with E-state index in [1.54, 1.807) is 42.5 Å². The van der Waals surface area contributed by atoms with E-state index in [1.807, 2.05) is 6.92 Å². The van der Waals surface area contributed by atoms with Gasteiger partial charge < -0.3 is 15.4 Å². The minimum Gasteiger partial charge on any atom is -0.493 e. The summed E-state index contributed by atoms with van der Waals surface area (Å²) in [5, 5.41) is 8.36. The van der Waals surface area contributed by atoms with Gasteiger partial charge in [-0.15, -0.1) is 0 Å². The molecule has 0 unspecified atom stereocenters. The Kier molecular flexibility index (Phi) is 7.11. The van der Waals surface area contributed by atoms with Gasteiger partial charge in [-0.2, -0.15) is 0 Å². The quantitative estimate of drug-likeness (QED) is 0.619. The molecule has 0 bridgehead atoms. The number of thiocarbonyl (C=S) groups is 1. The van der Waals surface area contributed by atoms with Crippen molar-refractivity contribution >= 4 is 56.4 Å². The Labute approximate surface area is 165 Å². The summed E-state index contributed by atoms with van der Waals surface area (Å²) in [5.74, 6) is -0.0786. The highest BCUT2D eigenvalue weighted by atomic mass is 79.9. The van der Waals surface area contributed by atoms with E-state index >= 15 is 0 Å². The SMILES string of the molecule is CCOc1ccc(Br)cc1C(=O)NC(=S)Nc1cccc(NC(C)=O)c1. The number of carbonyl (C=O) groups is 2. The largest absolute Gasteiger partial charge is 0.493 e. The average Bonchev–Trinajstić information content (AvgIpc) is 2.56. The molecule has 0 spiro atoms. The van der Waals surface area contributed by atoms with E-state index in [0.717, 1.165) is 4.47 Å². The molecule has 0 fully saturated rings. The summed E-state index contributed by atoms with van der Waals surface area (Å²) >= 11 is 8.55. The van der Waals surface area contributed by atoms with Gasteiger partial charge in [-0.05, 0) is 55.5 Å². The van der Waals surface area contributed by atoms with E-state index in [1.165, 1.54) is 6.92 Å². The monoisotopic (exact) mass is 435 g/mol. The van der Waals surface area contributed by atoms with Gasteiger partial charge >= 0.3 is 0 Å². The minimum absolute atomic E-state index is 0.136. The predicted molar refractivity (Wildman–Crippen MR) is 110 cm³/mol. The van der Waals surface area contributed by atoms with Gasteiger partial charge in [0, 0.05) is 22.8 Å². The van der Waals surface area contributed by atoms with Crippen LogP contribution >= 0.6 is 28.1 Å². The molecule has 0 aliphatic heterocycles. The number of carbonyl (C=O) groups excluding carboxylic acids is 2. The van der Waals surface area contributed by atoms with E-state index in [9.17, 15) is 9.59 Å². The summed E-state index contributed by atoms with van der Waals surface area (Å²) in [6, 6.07) is 12.2. The van der Waals surface area contributed by atoms with E-state index in [4.69, 9.17) is 17.0 Å². The molecule has 0 saturated heterocycles. The molecular weight excluding hydrogens is 418 g/mol. The summed E-state index contributed by atoms with van der Waals surface area (Å²) in [6.07, 6.45) is 0. The van der Waals surface area contributed by atoms with Crippen molar-refractivity contribution in [1.82, 2.24) is 5.32 Å². The summed E-state index contributed by atoms with van der Waals surface area (Å²) in [6.45, 7) is 3.72. The Morgan fingerprint density at radius 2 is 1.81 bits per heavy atom. The number of amides is 2. The van der Waals surface area contributed by atoms with Crippen LogP contribution in [0.1, 0.15) is 24.2 Å². The third-order valence-corrected chi connectivity index (χ3v) is 3.85. The van der Waals surface area contributed by atoms with Gasteiger partial charge in [0.1, 0.15) is 5.75 Å². The number of nitrogens with one attached hydrogen (secondary N) is 3. The number of ether oxygens (including phenoxy) is 1. The van der Waals surface area contributed by atoms with Crippen molar-refractivity contribution in [3.63, 3.8) is 0 Å². The number of hydrogen-bond donors (Lipinski definition) is 3. The molecule has 6 nitrogen and oxygen atoms in total. The Morgan fingerprint density at radius 1 is 1.12 bits per heavy atom. The van der Waals surface area contributed by atoms with Crippen molar-refractivity contribution in [3.05, 3.63) is 52.5 Å². The van der Waals surface area contributed by atoms with Gasteiger partial charge in [-0.1, -0.05) is 22.0 Å². The molecule has 3 N–H and O–H groups in total. The topological polar surface area (TPSA) is 79.5 Å². The maximum atomic E-state index is 12.5. The van der Waals surface area contributed by atoms with Crippen molar-refractivity contribution in [3.8, 4) is 5.75 Å². The minimum atomic E-state index is -0.384. The van der Waals surface area contributed by atoms with Crippen molar-refractivity contribution < 1.29 is 14.3 Å². The standard InChI is InChI=1S/C18H18BrN3O3S/c1-3-25-16-8-7-12(19)9-15(16)17(24)22-18(26)21-14-6-4-5-13(10-14)20-11(2)23/h4-10H,3H2,1-2H3,(H,20,23)(H2,21,22,24,26). The van der Waals surface area contributed by atoms with Crippen LogP contribution in [-0.2, 0) is 4.79 Å². The lowest BCUT2D eigenvalue weighted by Crippen LogP contribution is -2.34. The van der Waals surface area contributed by atoms with Gasteiger partial charge in [0.15, 0.2) is 5.11 Å². The molecule has 2 aromatic carbocycles. The molecule has 0 saturated carbocycles. The molecule has 136 valence electrons. The highest BCUT2D eigenvalue weighted by molar-refractivity contribution is 9.10. The fourth-order valence-electron chi connectivity index (χ4n) is 2.17. The number of rotatable bonds is 5. The lowest BCUT2D eigenvalue weighted by Gasteiger charge is -2.13. The first-order valence-electron chi connectivity index (χ1n) is 7.81. The molecule has 0 atom stereocenters. The molecule has 8 heteroatoms. The van der Waals surface area contributed by atoms with Crippen LogP contribution in [0.5, 0.6) is 5.75 Å². The van der Waals surface area contributed by atoms with Crippen LogP contribution in [0.4, 0.5) is 11.4 Å². The van der Waals surface area contributed by atoms with Crippen molar-refractivity contribution in [2.24, 2.45) is 0 Å². The second kappa shape index (κ2) is 9.30. The van der Waals surface area contributed by atoms with Gasteiger partial charge in [0.25, 0.3) is 5.91 Å². The Bertz CT molecular complexity index is 842. The smallest absolute Gasteiger partial charge is 0.261 e. The zero-order valence-corrected chi connectivity index (χ0v) is 16.7. The maximum absolute atomic E-state index is 12.5. The first kappa shape index (κ1) is 19.9. The van der Waals surface area contributed by atoms with Crippen LogP contribution in [0.3, 0.4) is 0 Å². The number of benzene rings is 2. The van der Waals surface area contributed by atoms with Gasteiger partial charge in [-0.3, -0.25) is 14.9 Å². The van der Waals surface area contributed by atoms with Crippen LogP contribution < -0.4 is 20.7 Å². The van der Waals surface area contributed by atoms with Crippen molar-refractivity contribution in [2.75, 3.05) is 17.2 Å². The molecule has 0 heterocycles. The Balaban J connectivity index is 2.07. The molecule has 2 rings (SSSR count).